The molecule has 1 heterocycles. The molecule has 5 rings (SSSR count). The maximum atomic E-state index is 15.4. The largest absolute Gasteiger partial charge is 0.510 e. The maximum Gasteiger partial charge on any atom is 0.254 e. The highest BCUT2D eigenvalue weighted by Gasteiger charge is 2.63. The van der Waals surface area contributed by atoms with Gasteiger partial charge in [-0.3, -0.25) is 24.2 Å². The molecule has 4 aliphatic rings. The number of anilines is 1. The van der Waals surface area contributed by atoms with Gasteiger partial charge in [-0.2, -0.15) is 0 Å². The van der Waals surface area contributed by atoms with Crippen molar-refractivity contribution in [1.29, 1.82) is 5.41 Å². The van der Waals surface area contributed by atoms with Gasteiger partial charge in [0.25, 0.3) is 5.91 Å². The van der Waals surface area contributed by atoms with Crippen molar-refractivity contribution >= 4 is 34.8 Å². The summed E-state index contributed by atoms with van der Waals surface area (Å²) in [6.07, 6.45) is -0.240. The lowest BCUT2D eigenvalue weighted by Gasteiger charge is -2.51. The van der Waals surface area contributed by atoms with E-state index in [-0.39, 0.29) is 36.2 Å². The lowest BCUT2D eigenvalue weighted by atomic mass is 9.57. The van der Waals surface area contributed by atoms with Crippen LogP contribution in [0.3, 0.4) is 0 Å². The van der Waals surface area contributed by atoms with Crippen LogP contribution in [0.5, 0.6) is 5.75 Å². The second-order valence-electron chi connectivity index (χ2n) is 11.1. The first-order valence-corrected chi connectivity index (χ1v) is 13.1. The van der Waals surface area contributed by atoms with Gasteiger partial charge in [0.1, 0.15) is 22.9 Å². The minimum atomic E-state index is -2.65. The average Bonchev–Trinajstić information content (AvgIpc) is 2.89. The van der Waals surface area contributed by atoms with Crippen molar-refractivity contribution in [3.8, 4) is 5.75 Å². The minimum absolute atomic E-state index is 0.0404. The number of halogens is 1. The number of Topliss-reactive ketones (excluding diaryl/α,β-unsaturated/α-hetero) is 1. The number of phenolic OH excluding ortho intramolecular Hbond substituents is 1. The molecule has 14 heteroatoms. The third-order valence-electron chi connectivity index (χ3n) is 8.47. The van der Waals surface area contributed by atoms with Gasteiger partial charge in [-0.05, 0) is 32.9 Å². The molecule has 8 N–H and O–H groups in total. The zero-order valence-electron chi connectivity index (χ0n) is 22.5. The number of hydrogen-bond acceptors (Lipinski definition) is 11. The smallest absolute Gasteiger partial charge is 0.254 e. The molecule has 2 fully saturated rings. The summed E-state index contributed by atoms with van der Waals surface area (Å²) in [6, 6.07) is -0.148. The maximum absolute atomic E-state index is 15.4. The number of nitrogens with one attached hydrogen (secondary N) is 2. The average molecular weight is 574 g/mol. The number of aliphatic hydroxyl groups excluding tert-OH is 2. The Kier molecular flexibility index (Phi) is 7.14. The molecule has 1 saturated heterocycles. The van der Waals surface area contributed by atoms with Crippen LogP contribution in [-0.4, -0.2) is 112 Å². The Bertz CT molecular complexity index is 1430. The van der Waals surface area contributed by atoms with E-state index in [1.54, 1.807) is 14.1 Å². The number of phenols is 1. The standard InChI is InChI=1S/C27H32FN5O8/c1-32(2)20-13-8-11-7-12-14(28)9-15(31-16(34)10-33-3-5-41-6-4-33)21(35)18(12)22(36)17(11)25(38)27(13,40)24(29)19(23(20)37)26(30)39/h9,11,13,20,29,35-37,40H,3-8,10H2,1-2H3,(H2,30,39)(H,31,34)/t11-,13-,20-,27+/m0/s1. The van der Waals surface area contributed by atoms with Crippen molar-refractivity contribution in [3.63, 3.8) is 0 Å². The van der Waals surface area contributed by atoms with E-state index in [1.807, 2.05) is 4.90 Å². The molecule has 1 aromatic carbocycles. The molecular weight excluding hydrogens is 541 g/mol. The third kappa shape index (κ3) is 4.38. The van der Waals surface area contributed by atoms with Crippen LogP contribution in [0.4, 0.5) is 10.1 Å². The second-order valence-corrected chi connectivity index (χ2v) is 11.1. The quantitative estimate of drug-likeness (QED) is 0.231. The van der Waals surface area contributed by atoms with Crippen molar-refractivity contribution in [2.45, 2.75) is 24.5 Å². The van der Waals surface area contributed by atoms with E-state index in [9.17, 15) is 34.8 Å². The fraction of sp³-hybridized carbons (Fsp3) is 0.481. The first-order valence-electron chi connectivity index (χ1n) is 13.1. The number of morpholine rings is 1. The van der Waals surface area contributed by atoms with Gasteiger partial charge in [-0.1, -0.05) is 0 Å². The van der Waals surface area contributed by atoms with E-state index in [4.69, 9.17) is 15.9 Å². The number of amides is 2. The number of hydrogen-bond donors (Lipinski definition) is 7. The van der Waals surface area contributed by atoms with Crippen LogP contribution in [0.15, 0.2) is 23.0 Å². The summed E-state index contributed by atoms with van der Waals surface area (Å²) < 4.78 is 20.7. The van der Waals surface area contributed by atoms with Crippen LogP contribution in [0.2, 0.25) is 0 Å². The number of nitrogens with two attached hydrogens (primary N) is 1. The van der Waals surface area contributed by atoms with Crippen molar-refractivity contribution in [1.82, 2.24) is 9.80 Å². The molecule has 3 aliphatic carbocycles. The topological polar surface area (TPSA) is 210 Å². The first-order chi connectivity index (χ1) is 19.3. The van der Waals surface area contributed by atoms with Crippen molar-refractivity contribution in [2.24, 2.45) is 17.6 Å². The lowest BCUT2D eigenvalue weighted by molar-refractivity contribution is -0.138. The van der Waals surface area contributed by atoms with Crippen LogP contribution in [0.1, 0.15) is 17.5 Å². The van der Waals surface area contributed by atoms with Crippen molar-refractivity contribution in [3.05, 3.63) is 39.9 Å². The third-order valence-corrected chi connectivity index (χ3v) is 8.47. The van der Waals surface area contributed by atoms with E-state index >= 15 is 4.39 Å². The van der Waals surface area contributed by atoms with Gasteiger partial charge in [-0.15, -0.1) is 0 Å². The number of likely N-dealkylation sites (N-methyl/N-ethyl adjacent to an activating group) is 1. The molecule has 41 heavy (non-hydrogen) atoms. The second kappa shape index (κ2) is 10.2. The predicted molar refractivity (Wildman–Crippen MR) is 143 cm³/mol. The normalized spacial score (nSPS) is 28.4. The Morgan fingerprint density at radius 2 is 1.93 bits per heavy atom. The molecule has 0 aromatic heterocycles. The van der Waals surface area contributed by atoms with Crippen molar-refractivity contribution in [2.75, 3.05) is 52.3 Å². The first kappa shape index (κ1) is 28.7. The molecule has 0 unspecified atom stereocenters. The molecule has 4 atom stereocenters. The molecule has 2 amide bonds. The summed E-state index contributed by atoms with van der Waals surface area (Å²) in [5.74, 6) is -7.74. The van der Waals surface area contributed by atoms with Crippen LogP contribution in [0, 0.1) is 23.1 Å². The molecule has 0 radical (unpaired) electrons. The van der Waals surface area contributed by atoms with E-state index < -0.39 is 81.0 Å². The number of carbonyl (C=O) groups is 3. The van der Waals surface area contributed by atoms with Crippen molar-refractivity contribution < 1.29 is 43.9 Å². The molecule has 1 aromatic rings. The summed E-state index contributed by atoms with van der Waals surface area (Å²) in [5.41, 5.74) is -0.0345. The molecule has 1 saturated carbocycles. The molecular formula is C27H32FN5O8. The van der Waals surface area contributed by atoms with E-state index in [2.05, 4.69) is 5.32 Å². The summed E-state index contributed by atoms with van der Waals surface area (Å²) in [7, 11) is 3.09. The zero-order valence-corrected chi connectivity index (χ0v) is 22.5. The molecule has 0 spiro atoms. The van der Waals surface area contributed by atoms with Crippen LogP contribution in [-0.2, 0) is 25.5 Å². The zero-order chi connectivity index (χ0) is 30.0. The van der Waals surface area contributed by atoms with Gasteiger partial charge in [-0.25, -0.2) is 4.39 Å². The van der Waals surface area contributed by atoms with Crippen LogP contribution >= 0.6 is 0 Å². The molecule has 220 valence electrons. The number of fused-ring (bicyclic) bond motifs is 3. The molecule has 1 aliphatic heterocycles. The summed E-state index contributed by atoms with van der Waals surface area (Å²) >= 11 is 0. The number of aliphatic hydroxyl groups is 3. The Hall–Kier alpha value is -3.85. The Morgan fingerprint density at radius 3 is 2.54 bits per heavy atom. The Morgan fingerprint density at radius 1 is 1.27 bits per heavy atom. The minimum Gasteiger partial charge on any atom is -0.510 e. The summed E-state index contributed by atoms with van der Waals surface area (Å²) in [6.45, 7) is 1.91. The number of primary amides is 1. The highest BCUT2D eigenvalue weighted by Crippen LogP contribution is 2.53. The SMILES string of the molecule is CN(C)[C@@H]1C(O)=C(C(N)=O)C(=N)[C@@]2(O)C(=O)C3=C(O)c4c(O)c(NC(=O)CN5CCOCC5)cc(F)c4C[C@H]3C[C@@H]12. The van der Waals surface area contributed by atoms with E-state index in [0.29, 0.717) is 26.3 Å². The molecule has 13 nitrogen and oxygen atoms in total. The number of rotatable bonds is 5. The van der Waals surface area contributed by atoms with Gasteiger partial charge in [0, 0.05) is 36.2 Å². The lowest BCUT2D eigenvalue weighted by Crippen LogP contribution is -2.67. The van der Waals surface area contributed by atoms with Gasteiger partial charge >= 0.3 is 0 Å². The monoisotopic (exact) mass is 573 g/mol. The number of carbonyl (C=O) groups excluding carboxylic acids is 3. The highest BCUT2D eigenvalue weighted by molar-refractivity contribution is 6.34. The van der Waals surface area contributed by atoms with Gasteiger partial charge in [0.15, 0.2) is 11.4 Å². The number of benzene rings is 1. The van der Waals surface area contributed by atoms with E-state index in [0.717, 1.165) is 6.07 Å². The number of ether oxygens (including phenoxy) is 1. The molecule has 0 bridgehead atoms. The van der Waals surface area contributed by atoms with Gasteiger partial charge in [0.05, 0.1) is 42.8 Å². The van der Waals surface area contributed by atoms with Crippen LogP contribution in [0.25, 0.3) is 5.76 Å². The Labute approximate surface area is 234 Å². The highest BCUT2D eigenvalue weighted by atomic mass is 19.1. The number of aromatic hydroxyl groups is 1. The summed E-state index contributed by atoms with van der Waals surface area (Å²) in [4.78, 5) is 42.0. The number of ketones is 1. The fourth-order valence-corrected chi connectivity index (χ4v) is 6.57. The number of nitrogens with zero attached hydrogens (tertiary/aromatic N) is 2. The van der Waals surface area contributed by atoms with Gasteiger partial charge in [0.2, 0.25) is 11.7 Å². The van der Waals surface area contributed by atoms with Crippen LogP contribution < -0.4 is 11.1 Å². The fourth-order valence-electron chi connectivity index (χ4n) is 6.57. The predicted octanol–water partition coefficient (Wildman–Crippen LogP) is -0.176. The van der Waals surface area contributed by atoms with E-state index in [1.165, 1.54) is 4.90 Å². The Balaban J connectivity index is 1.56. The van der Waals surface area contributed by atoms with Gasteiger partial charge < -0.3 is 41.6 Å². The summed E-state index contributed by atoms with van der Waals surface area (Å²) in [5, 5.41) is 55.9.